The molecule has 0 radical (unpaired) electrons. The predicted molar refractivity (Wildman–Crippen MR) is 84.4 cm³/mol. The molecule has 1 aromatic heterocycles. The van der Waals surface area contributed by atoms with Crippen LogP contribution in [0.4, 0.5) is 0 Å². The average Bonchev–Trinajstić information content (AvgIpc) is 2.78. The van der Waals surface area contributed by atoms with Gasteiger partial charge in [0.25, 0.3) is 0 Å². The number of thiophene rings is 1. The zero-order chi connectivity index (χ0) is 15.0. The summed E-state index contributed by atoms with van der Waals surface area (Å²) >= 11 is 13.1. The molecule has 114 valence electrons. The standard InChI is InChI=1S/C14H16Cl2N2O2S/c15-12-5-9(14(16)21-12)11(19)7-18-4-3-10-8(6-18)1-2-13(20)17-10/h5,8,10H,1-4,6-7H2,(H,17,20). The van der Waals surface area contributed by atoms with Crippen molar-refractivity contribution in [2.45, 2.75) is 25.3 Å². The zero-order valence-corrected chi connectivity index (χ0v) is 13.7. The van der Waals surface area contributed by atoms with Gasteiger partial charge in [0.05, 0.1) is 16.4 Å². The van der Waals surface area contributed by atoms with Crippen molar-refractivity contribution in [3.63, 3.8) is 0 Å². The first kappa shape index (κ1) is 15.3. The molecular weight excluding hydrogens is 331 g/mol. The fraction of sp³-hybridized carbons (Fsp3) is 0.571. The number of fused-ring (bicyclic) bond motifs is 1. The van der Waals surface area contributed by atoms with Gasteiger partial charge in [0.1, 0.15) is 4.34 Å². The van der Waals surface area contributed by atoms with Gasteiger partial charge in [-0.15, -0.1) is 11.3 Å². The first-order valence-corrected chi connectivity index (χ1v) is 8.60. The largest absolute Gasteiger partial charge is 0.353 e. The molecule has 0 aliphatic carbocycles. The van der Waals surface area contributed by atoms with E-state index in [0.29, 0.717) is 33.1 Å². The summed E-state index contributed by atoms with van der Waals surface area (Å²) in [5.41, 5.74) is 0.519. The van der Waals surface area contributed by atoms with Gasteiger partial charge in [0.15, 0.2) is 5.78 Å². The number of Topliss-reactive ketones (excluding diaryl/α,β-unsaturated/α-hetero) is 1. The fourth-order valence-electron chi connectivity index (χ4n) is 3.15. The van der Waals surface area contributed by atoms with Gasteiger partial charge in [-0.25, -0.2) is 0 Å². The van der Waals surface area contributed by atoms with Crippen LogP contribution in [0, 0.1) is 5.92 Å². The third-order valence-electron chi connectivity index (χ3n) is 4.23. The Morgan fingerprint density at radius 1 is 1.43 bits per heavy atom. The second-order valence-corrected chi connectivity index (χ2v) is 7.94. The summed E-state index contributed by atoms with van der Waals surface area (Å²) in [7, 11) is 0. The fourth-order valence-corrected chi connectivity index (χ4v) is 4.65. The van der Waals surface area contributed by atoms with E-state index in [-0.39, 0.29) is 17.7 Å². The Hall–Kier alpha value is -0.620. The lowest BCUT2D eigenvalue weighted by Gasteiger charge is -2.41. The van der Waals surface area contributed by atoms with Crippen molar-refractivity contribution in [3.05, 3.63) is 20.3 Å². The van der Waals surface area contributed by atoms with Crippen LogP contribution < -0.4 is 5.32 Å². The third kappa shape index (κ3) is 3.42. The Bertz CT molecular complexity index is 575. The van der Waals surface area contributed by atoms with Gasteiger partial charge >= 0.3 is 0 Å². The lowest BCUT2D eigenvalue weighted by atomic mass is 9.85. The molecule has 0 aromatic carbocycles. The number of piperidine rings is 2. The van der Waals surface area contributed by atoms with Crippen LogP contribution in [0.25, 0.3) is 0 Å². The molecule has 2 aliphatic heterocycles. The quantitative estimate of drug-likeness (QED) is 0.856. The van der Waals surface area contributed by atoms with E-state index in [0.717, 1.165) is 25.9 Å². The molecule has 4 nitrogen and oxygen atoms in total. The van der Waals surface area contributed by atoms with Gasteiger partial charge < -0.3 is 5.32 Å². The molecule has 0 spiro atoms. The minimum Gasteiger partial charge on any atom is -0.353 e. The van der Waals surface area contributed by atoms with E-state index in [1.54, 1.807) is 6.07 Å². The molecule has 3 rings (SSSR count). The smallest absolute Gasteiger partial charge is 0.220 e. The Labute approximate surface area is 137 Å². The number of nitrogens with zero attached hydrogens (tertiary/aromatic N) is 1. The summed E-state index contributed by atoms with van der Waals surface area (Å²) in [4.78, 5) is 25.9. The predicted octanol–water partition coefficient (Wildman–Crippen LogP) is 2.84. The number of amides is 1. The summed E-state index contributed by atoms with van der Waals surface area (Å²) in [5.74, 6) is 0.618. The molecule has 1 amide bonds. The maximum Gasteiger partial charge on any atom is 0.220 e. The maximum atomic E-state index is 12.3. The van der Waals surface area contributed by atoms with Gasteiger partial charge in [-0.2, -0.15) is 0 Å². The van der Waals surface area contributed by atoms with E-state index < -0.39 is 0 Å². The molecular formula is C14H16Cl2N2O2S. The van der Waals surface area contributed by atoms with E-state index in [2.05, 4.69) is 10.2 Å². The van der Waals surface area contributed by atoms with Crippen molar-refractivity contribution < 1.29 is 9.59 Å². The highest BCUT2D eigenvalue weighted by Gasteiger charge is 2.34. The number of ketones is 1. The molecule has 21 heavy (non-hydrogen) atoms. The first-order chi connectivity index (χ1) is 10.0. The van der Waals surface area contributed by atoms with Crippen molar-refractivity contribution in [1.82, 2.24) is 10.2 Å². The summed E-state index contributed by atoms with van der Waals surface area (Å²) < 4.78 is 1.00. The summed E-state index contributed by atoms with van der Waals surface area (Å²) in [6.45, 7) is 2.04. The lowest BCUT2D eigenvalue weighted by molar-refractivity contribution is -0.125. The Kier molecular flexibility index (Phi) is 4.54. The molecule has 2 saturated heterocycles. The molecule has 1 N–H and O–H groups in total. The number of carbonyl (C=O) groups is 2. The highest BCUT2D eigenvalue weighted by molar-refractivity contribution is 7.20. The lowest BCUT2D eigenvalue weighted by Crippen LogP contribution is -2.54. The molecule has 7 heteroatoms. The SMILES string of the molecule is O=C1CCC2CN(CC(=O)c3cc(Cl)sc3Cl)CCC2N1. The zero-order valence-electron chi connectivity index (χ0n) is 11.4. The molecule has 0 saturated carbocycles. The molecule has 2 aliphatic rings. The number of halogens is 2. The highest BCUT2D eigenvalue weighted by Crippen LogP contribution is 2.32. The van der Waals surface area contributed by atoms with Gasteiger partial charge in [0.2, 0.25) is 5.91 Å². The molecule has 1 aromatic rings. The molecule has 0 bridgehead atoms. The number of hydrogen-bond acceptors (Lipinski definition) is 4. The summed E-state index contributed by atoms with van der Waals surface area (Å²) in [5, 5.41) is 3.05. The van der Waals surface area contributed by atoms with E-state index >= 15 is 0 Å². The van der Waals surface area contributed by atoms with Gasteiger partial charge in [-0.05, 0) is 24.8 Å². The number of rotatable bonds is 3. The van der Waals surface area contributed by atoms with Crippen molar-refractivity contribution in [2.24, 2.45) is 5.92 Å². The van der Waals surface area contributed by atoms with Crippen molar-refractivity contribution in [3.8, 4) is 0 Å². The molecule has 2 unspecified atom stereocenters. The maximum absolute atomic E-state index is 12.3. The van der Waals surface area contributed by atoms with Crippen LogP contribution in [0.5, 0.6) is 0 Å². The van der Waals surface area contributed by atoms with Gasteiger partial charge in [-0.3, -0.25) is 14.5 Å². The van der Waals surface area contributed by atoms with Gasteiger partial charge in [-0.1, -0.05) is 23.2 Å². The average molecular weight is 347 g/mol. The minimum atomic E-state index is 0.0152. The molecule has 2 atom stereocenters. The molecule has 2 fully saturated rings. The molecule has 3 heterocycles. The highest BCUT2D eigenvalue weighted by atomic mass is 35.5. The summed E-state index contributed by atoms with van der Waals surface area (Å²) in [6, 6.07) is 1.92. The number of likely N-dealkylation sites (tertiary alicyclic amines) is 1. The van der Waals surface area contributed by atoms with Crippen molar-refractivity contribution in [2.75, 3.05) is 19.6 Å². The van der Waals surface area contributed by atoms with Crippen LogP contribution in [0.2, 0.25) is 8.67 Å². The van der Waals surface area contributed by atoms with E-state index in [4.69, 9.17) is 23.2 Å². The van der Waals surface area contributed by atoms with Crippen LogP contribution in [0.1, 0.15) is 29.6 Å². The monoisotopic (exact) mass is 346 g/mol. The van der Waals surface area contributed by atoms with E-state index in [9.17, 15) is 9.59 Å². The van der Waals surface area contributed by atoms with Gasteiger partial charge in [0, 0.05) is 25.6 Å². The second kappa shape index (κ2) is 6.24. The second-order valence-electron chi connectivity index (χ2n) is 5.66. The van der Waals surface area contributed by atoms with E-state index in [1.165, 1.54) is 11.3 Å². The minimum absolute atomic E-state index is 0.0152. The van der Waals surface area contributed by atoms with Crippen LogP contribution in [0.3, 0.4) is 0 Å². The van der Waals surface area contributed by atoms with Crippen LogP contribution in [-0.2, 0) is 4.79 Å². The van der Waals surface area contributed by atoms with E-state index in [1.807, 2.05) is 0 Å². The number of nitrogens with one attached hydrogen (secondary N) is 1. The summed E-state index contributed by atoms with van der Waals surface area (Å²) in [6.07, 6.45) is 2.41. The topological polar surface area (TPSA) is 49.4 Å². The van der Waals surface area contributed by atoms with Crippen LogP contribution in [0.15, 0.2) is 6.07 Å². The van der Waals surface area contributed by atoms with Crippen LogP contribution in [-0.4, -0.2) is 42.3 Å². The van der Waals surface area contributed by atoms with Crippen molar-refractivity contribution in [1.29, 1.82) is 0 Å². The normalized spacial score (nSPS) is 26.3. The number of carbonyl (C=O) groups excluding carboxylic acids is 2. The Morgan fingerprint density at radius 2 is 2.24 bits per heavy atom. The first-order valence-electron chi connectivity index (χ1n) is 7.02. The Balaban J connectivity index is 1.60. The number of hydrogen-bond donors (Lipinski definition) is 1. The van der Waals surface area contributed by atoms with Crippen molar-refractivity contribution >= 4 is 46.2 Å². The Morgan fingerprint density at radius 3 is 2.95 bits per heavy atom. The van der Waals surface area contributed by atoms with Crippen LogP contribution >= 0.6 is 34.5 Å². The third-order valence-corrected chi connectivity index (χ3v) is 5.72.